The summed E-state index contributed by atoms with van der Waals surface area (Å²) in [6, 6.07) is 5.60. The number of sulfone groups is 1. The highest BCUT2D eigenvalue weighted by molar-refractivity contribution is 7.90. The van der Waals surface area contributed by atoms with Gasteiger partial charge in [0, 0.05) is 18.1 Å². The molecule has 0 radical (unpaired) electrons. The third kappa shape index (κ3) is 3.46. The van der Waals surface area contributed by atoms with Crippen LogP contribution in [0.5, 0.6) is 5.75 Å². The number of phenolic OH excluding ortho intramolecular Hbond substituents is 1. The molecule has 5 heteroatoms. The van der Waals surface area contributed by atoms with E-state index in [0.29, 0.717) is 6.42 Å². The van der Waals surface area contributed by atoms with Gasteiger partial charge in [-0.1, -0.05) is 6.07 Å². The fraction of sp³-hybridized carbons (Fsp3) is 0.538. The third-order valence-electron chi connectivity index (χ3n) is 3.30. The fourth-order valence-corrected chi connectivity index (χ4v) is 3.12. The largest absolute Gasteiger partial charge is 0.508 e. The molecule has 0 saturated heterocycles. The molecular formula is C13H19NO3S. The van der Waals surface area contributed by atoms with Crippen LogP contribution in [0.1, 0.15) is 30.0 Å². The maximum atomic E-state index is 11.1. The van der Waals surface area contributed by atoms with Crippen molar-refractivity contribution in [3.63, 3.8) is 0 Å². The topological polar surface area (TPSA) is 66.4 Å². The molecule has 1 atom stereocenters. The first kappa shape index (κ1) is 13.4. The van der Waals surface area contributed by atoms with E-state index in [1.54, 1.807) is 12.1 Å². The molecule has 1 aliphatic rings. The summed E-state index contributed by atoms with van der Waals surface area (Å²) in [5.41, 5.74) is 2.35. The lowest BCUT2D eigenvalue weighted by atomic mass is 9.91. The summed E-state index contributed by atoms with van der Waals surface area (Å²) in [6.07, 6.45) is 3.65. The molecule has 1 aliphatic heterocycles. The van der Waals surface area contributed by atoms with Gasteiger partial charge in [0.2, 0.25) is 0 Å². The van der Waals surface area contributed by atoms with E-state index in [4.69, 9.17) is 0 Å². The number of nitrogens with one attached hydrogen (secondary N) is 1. The Morgan fingerprint density at radius 3 is 2.94 bits per heavy atom. The Labute approximate surface area is 108 Å². The maximum absolute atomic E-state index is 11.1. The van der Waals surface area contributed by atoms with E-state index >= 15 is 0 Å². The summed E-state index contributed by atoms with van der Waals surface area (Å²) in [5.74, 6) is 0.491. The van der Waals surface area contributed by atoms with Gasteiger partial charge in [-0.05, 0) is 49.1 Å². The minimum absolute atomic E-state index is 0.155. The van der Waals surface area contributed by atoms with Gasteiger partial charge in [-0.15, -0.1) is 0 Å². The van der Waals surface area contributed by atoms with Gasteiger partial charge in [0.15, 0.2) is 0 Å². The summed E-state index contributed by atoms with van der Waals surface area (Å²) >= 11 is 0. The van der Waals surface area contributed by atoms with Crippen LogP contribution in [0.3, 0.4) is 0 Å². The van der Waals surface area contributed by atoms with Crippen molar-refractivity contribution in [2.45, 2.75) is 25.3 Å². The summed E-state index contributed by atoms with van der Waals surface area (Å²) in [6.45, 7) is 0.904. The highest BCUT2D eigenvalue weighted by Crippen LogP contribution is 2.29. The summed E-state index contributed by atoms with van der Waals surface area (Å²) in [5, 5.41) is 12.9. The Morgan fingerprint density at radius 1 is 1.44 bits per heavy atom. The number of benzene rings is 1. The van der Waals surface area contributed by atoms with Crippen molar-refractivity contribution in [1.29, 1.82) is 0 Å². The van der Waals surface area contributed by atoms with E-state index in [-0.39, 0.29) is 17.5 Å². The first-order chi connectivity index (χ1) is 8.46. The molecule has 2 rings (SSSR count). The van der Waals surface area contributed by atoms with Gasteiger partial charge in [0.1, 0.15) is 15.6 Å². The second-order valence-corrected chi connectivity index (χ2v) is 7.17. The van der Waals surface area contributed by atoms with Crippen LogP contribution in [-0.4, -0.2) is 32.1 Å². The number of fused-ring (bicyclic) bond motifs is 1. The van der Waals surface area contributed by atoms with Crippen LogP contribution in [0.25, 0.3) is 0 Å². The highest BCUT2D eigenvalue weighted by Gasteiger charge is 2.20. The molecule has 0 bridgehead atoms. The molecule has 1 heterocycles. The molecular weight excluding hydrogens is 250 g/mol. The average Bonchev–Trinajstić information content (AvgIpc) is 2.28. The van der Waals surface area contributed by atoms with Crippen molar-refractivity contribution in [2.75, 3.05) is 18.6 Å². The molecule has 0 aliphatic carbocycles. The maximum Gasteiger partial charge on any atom is 0.147 e. The van der Waals surface area contributed by atoms with Crippen LogP contribution in [0.15, 0.2) is 18.2 Å². The Balaban J connectivity index is 2.05. The predicted molar refractivity (Wildman–Crippen MR) is 71.5 cm³/mol. The standard InChI is InChI=1S/C13H19NO3S/c1-18(16,17)8-2-3-13-12-9-11(15)5-4-10(12)6-7-14-13/h4-5,9,13-15H,2-3,6-8H2,1H3. The van der Waals surface area contributed by atoms with E-state index in [1.807, 2.05) is 6.07 Å². The molecule has 0 amide bonds. The third-order valence-corrected chi connectivity index (χ3v) is 4.33. The zero-order valence-corrected chi connectivity index (χ0v) is 11.3. The van der Waals surface area contributed by atoms with Crippen LogP contribution in [0.4, 0.5) is 0 Å². The molecule has 18 heavy (non-hydrogen) atoms. The van der Waals surface area contributed by atoms with E-state index in [0.717, 1.165) is 24.9 Å². The van der Waals surface area contributed by atoms with Crippen LogP contribution >= 0.6 is 0 Å². The number of phenols is 1. The summed E-state index contributed by atoms with van der Waals surface area (Å²) in [7, 11) is -2.89. The SMILES string of the molecule is CS(=O)(=O)CCCC1NCCc2ccc(O)cc21. The van der Waals surface area contributed by atoms with Crippen LogP contribution in [-0.2, 0) is 16.3 Å². The monoisotopic (exact) mass is 269 g/mol. The summed E-state index contributed by atoms with van der Waals surface area (Å²) < 4.78 is 22.2. The average molecular weight is 269 g/mol. The Kier molecular flexibility index (Phi) is 3.92. The van der Waals surface area contributed by atoms with Crippen LogP contribution in [0, 0.1) is 0 Å². The lowest BCUT2D eigenvalue weighted by Crippen LogP contribution is -2.30. The van der Waals surface area contributed by atoms with Gasteiger partial charge in [-0.3, -0.25) is 0 Å². The minimum Gasteiger partial charge on any atom is -0.508 e. The molecule has 0 saturated carbocycles. The van der Waals surface area contributed by atoms with Crippen LogP contribution in [0.2, 0.25) is 0 Å². The van der Waals surface area contributed by atoms with Crippen molar-refractivity contribution in [3.8, 4) is 5.75 Å². The molecule has 100 valence electrons. The zero-order valence-electron chi connectivity index (χ0n) is 10.5. The van der Waals surface area contributed by atoms with Gasteiger partial charge >= 0.3 is 0 Å². The molecule has 0 fully saturated rings. The van der Waals surface area contributed by atoms with E-state index in [9.17, 15) is 13.5 Å². The van der Waals surface area contributed by atoms with Gasteiger partial charge < -0.3 is 10.4 Å². The zero-order chi connectivity index (χ0) is 13.2. The van der Waals surface area contributed by atoms with E-state index < -0.39 is 9.84 Å². The van der Waals surface area contributed by atoms with Crippen molar-refractivity contribution >= 4 is 9.84 Å². The summed E-state index contributed by atoms with van der Waals surface area (Å²) in [4.78, 5) is 0. The smallest absolute Gasteiger partial charge is 0.147 e. The van der Waals surface area contributed by atoms with E-state index in [2.05, 4.69) is 5.32 Å². The van der Waals surface area contributed by atoms with Gasteiger partial charge in [-0.2, -0.15) is 0 Å². The second kappa shape index (κ2) is 5.28. The second-order valence-electron chi connectivity index (χ2n) is 4.91. The van der Waals surface area contributed by atoms with Gasteiger partial charge in [0.05, 0.1) is 0 Å². The number of aromatic hydroxyl groups is 1. The number of hydrogen-bond acceptors (Lipinski definition) is 4. The Morgan fingerprint density at radius 2 is 2.22 bits per heavy atom. The number of hydrogen-bond donors (Lipinski definition) is 2. The molecule has 2 N–H and O–H groups in total. The predicted octanol–water partition coefficient (Wildman–Crippen LogP) is 1.40. The first-order valence-electron chi connectivity index (χ1n) is 6.18. The van der Waals surface area contributed by atoms with Crippen molar-refractivity contribution < 1.29 is 13.5 Å². The quantitative estimate of drug-likeness (QED) is 0.867. The Hall–Kier alpha value is -1.07. The fourth-order valence-electron chi connectivity index (χ4n) is 2.43. The van der Waals surface area contributed by atoms with Crippen molar-refractivity contribution in [3.05, 3.63) is 29.3 Å². The lowest BCUT2D eigenvalue weighted by Gasteiger charge is -2.27. The Bertz CT molecular complexity index is 525. The normalized spacial score (nSPS) is 19.5. The first-order valence-corrected chi connectivity index (χ1v) is 8.25. The highest BCUT2D eigenvalue weighted by atomic mass is 32.2. The van der Waals surface area contributed by atoms with Gasteiger partial charge in [-0.25, -0.2) is 8.42 Å². The molecule has 0 aromatic heterocycles. The van der Waals surface area contributed by atoms with Crippen LogP contribution < -0.4 is 5.32 Å². The molecule has 1 unspecified atom stereocenters. The number of rotatable bonds is 4. The van der Waals surface area contributed by atoms with Crippen molar-refractivity contribution in [1.82, 2.24) is 5.32 Å². The minimum atomic E-state index is -2.89. The van der Waals surface area contributed by atoms with E-state index in [1.165, 1.54) is 11.8 Å². The molecule has 1 aromatic carbocycles. The van der Waals surface area contributed by atoms with Gasteiger partial charge in [0.25, 0.3) is 0 Å². The molecule has 1 aromatic rings. The molecule has 0 spiro atoms. The lowest BCUT2D eigenvalue weighted by molar-refractivity contribution is 0.452. The molecule has 4 nitrogen and oxygen atoms in total. The van der Waals surface area contributed by atoms with Crippen molar-refractivity contribution in [2.24, 2.45) is 0 Å².